The van der Waals surface area contributed by atoms with Crippen molar-refractivity contribution >= 4 is 11.8 Å². The van der Waals surface area contributed by atoms with E-state index in [1.54, 1.807) is 0 Å². The number of para-hydroxylation sites is 1. The largest absolute Gasteiger partial charge is 0.446 e. The third-order valence-corrected chi connectivity index (χ3v) is 5.37. The molecule has 0 spiro atoms. The second-order valence-electron chi connectivity index (χ2n) is 6.87. The van der Waals surface area contributed by atoms with Crippen LogP contribution in [0.2, 0.25) is 0 Å². The molecule has 0 radical (unpaired) electrons. The van der Waals surface area contributed by atoms with Gasteiger partial charge in [-0.05, 0) is 36.3 Å². The monoisotopic (exact) mass is 401 g/mol. The zero-order chi connectivity index (χ0) is 21.6. The first-order valence-corrected chi connectivity index (χ1v) is 10.7. The van der Waals surface area contributed by atoms with Crippen LogP contribution in [0.1, 0.15) is 53.4 Å². The minimum atomic E-state index is -0.347. The fourth-order valence-electron chi connectivity index (χ4n) is 4.01. The van der Waals surface area contributed by atoms with Crippen molar-refractivity contribution in [2.45, 2.75) is 59.5 Å². The molecule has 0 bridgehead atoms. The lowest BCUT2D eigenvalue weighted by atomic mass is 9.92. The Bertz CT molecular complexity index is 693. The lowest BCUT2D eigenvalue weighted by Gasteiger charge is -2.15. The summed E-state index contributed by atoms with van der Waals surface area (Å²) in [5.74, 6) is 1.36. The molecule has 0 heterocycles. The Balaban J connectivity index is 0.000000989. The highest BCUT2D eigenvalue weighted by molar-refractivity contribution is 5.91. The minimum Gasteiger partial charge on any atom is -0.446 e. The molecule has 160 valence electrons. The lowest BCUT2D eigenvalue weighted by Crippen LogP contribution is -2.21. The van der Waals surface area contributed by atoms with Gasteiger partial charge in [-0.15, -0.1) is 0 Å². The summed E-state index contributed by atoms with van der Waals surface area (Å²) in [7, 11) is 0.500. The average Bonchev–Trinajstić information content (AvgIpc) is 3.19. The molecule has 1 unspecified atom stereocenters. The molecule has 3 atom stereocenters. The van der Waals surface area contributed by atoms with Crippen LogP contribution >= 0.6 is 0 Å². The number of carbonyl (C=O) groups is 1. The number of amides is 1. The van der Waals surface area contributed by atoms with E-state index >= 15 is 0 Å². The van der Waals surface area contributed by atoms with Crippen LogP contribution in [0.15, 0.2) is 54.6 Å². The van der Waals surface area contributed by atoms with Crippen LogP contribution in [0.5, 0.6) is 0 Å². The molecule has 2 aromatic carbocycles. The first-order chi connectivity index (χ1) is 14.2. The number of rotatable bonds is 5. The Hall–Kier alpha value is -2.36. The van der Waals surface area contributed by atoms with Crippen LogP contribution in [-0.2, 0) is 4.74 Å². The summed E-state index contributed by atoms with van der Waals surface area (Å²) in [6.45, 7) is 8.46. The number of ether oxygens (including phenoxy) is 1. The summed E-state index contributed by atoms with van der Waals surface area (Å²) in [5.41, 5.74) is 2.87. The van der Waals surface area contributed by atoms with Gasteiger partial charge in [0.2, 0.25) is 0 Å². The van der Waals surface area contributed by atoms with Crippen LogP contribution in [0.4, 0.5) is 14.9 Å². The van der Waals surface area contributed by atoms with Gasteiger partial charge in [-0.3, -0.25) is 9.71 Å². The molecule has 1 aliphatic rings. The van der Waals surface area contributed by atoms with Crippen molar-refractivity contribution in [3.8, 4) is 11.1 Å². The van der Waals surface area contributed by atoms with Crippen molar-refractivity contribution in [2.75, 3.05) is 12.5 Å². The molecule has 1 N–H and O–H groups in total. The van der Waals surface area contributed by atoms with Gasteiger partial charge in [0.15, 0.2) is 0 Å². The van der Waals surface area contributed by atoms with Crippen molar-refractivity contribution in [2.24, 2.45) is 11.8 Å². The molecule has 0 aliphatic heterocycles. The molecule has 4 heteroatoms. The quantitative estimate of drug-likeness (QED) is 0.556. The summed E-state index contributed by atoms with van der Waals surface area (Å²) < 4.78 is 15.2. The van der Waals surface area contributed by atoms with Gasteiger partial charge in [0.05, 0.1) is 12.9 Å². The van der Waals surface area contributed by atoms with E-state index in [0.717, 1.165) is 42.5 Å². The first-order valence-electron chi connectivity index (χ1n) is 10.7. The normalized spacial score (nSPS) is 19.9. The Morgan fingerprint density at radius 1 is 0.931 bits per heavy atom. The van der Waals surface area contributed by atoms with Crippen molar-refractivity contribution in [1.82, 2.24) is 0 Å². The number of halogens is 1. The molecule has 1 fully saturated rings. The summed E-state index contributed by atoms with van der Waals surface area (Å²) >= 11 is 0. The Morgan fingerprint density at radius 2 is 1.45 bits per heavy atom. The van der Waals surface area contributed by atoms with Crippen molar-refractivity contribution in [3.63, 3.8) is 0 Å². The predicted octanol–water partition coefficient (Wildman–Crippen LogP) is 7.73. The molecule has 1 aliphatic carbocycles. The zero-order valence-electron chi connectivity index (χ0n) is 18.5. The summed E-state index contributed by atoms with van der Waals surface area (Å²) in [4.78, 5) is 12.4. The second-order valence-corrected chi connectivity index (χ2v) is 6.87. The molecule has 1 amide bonds. The topological polar surface area (TPSA) is 38.3 Å². The standard InChI is InChI=1S/C22H27NO2.C2H6.CH3F/c1-3-16-14-19(15-17(16)4-2)25-22(24)23-21-13-9-8-12-20(21)18-10-6-5-7-11-18;2*1-2/h5-13,16-17,19H,3-4,14-15H2,1-2H3,(H,23,24);1-2H3;1H3/t16-,17+,19?;;. The van der Waals surface area contributed by atoms with E-state index in [2.05, 4.69) is 19.2 Å². The third-order valence-electron chi connectivity index (χ3n) is 5.37. The predicted molar refractivity (Wildman–Crippen MR) is 121 cm³/mol. The van der Waals surface area contributed by atoms with Gasteiger partial charge in [-0.1, -0.05) is 89.1 Å². The van der Waals surface area contributed by atoms with Crippen LogP contribution in [0.25, 0.3) is 11.1 Å². The Labute approximate surface area is 175 Å². The van der Waals surface area contributed by atoms with Gasteiger partial charge >= 0.3 is 6.09 Å². The molecule has 0 saturated heterocycles. The molecule has 2 aromatic rings. The molecular formula is C25H36FNO2. The van der Waals surface area contributed by atoms with Crippen LogP contribution < -0.4 is 5.32 Å². The van der Waals surface area contributed by atoms with E-state index in [4.69, 9.17) is 4.74 Å². The number of alkyl halides is 1. The Morgan fingerprint density at radius 3 is 2.00 bits per heavy atom. The Kier molecular flexibility index (Phi) is 11.7. The number of hydrogen-bond acceptors (Lipinski definition) is 2. The van der Waals surface area contributed by atoms with Gasteiger partial charge in [-0.2, -0.15) is 0 Å². The highest BCUT2D eigenvalue weighted by atomic mass is 19.1. The highest BCUT2D eigenvalue weighted by Crippen LogP contribution is 2.38. The van der Waals surface area contributed by atoms with Crippen molar-refractivity contribution in [1.29, 1.82) is 0 Å². The molecule has 1 saturated carbocycles. The van der Waals surface area contributed by atoms with E-state index in [9.17, 15) is 9.18 Å². The third kappa shape index (κ3) is 7.19. The molecular weight excluding hydrogens is 365 g/mol. The number of benzene rings is 2. The fourth-order valence-corrected chi connectivity index (χ4v) is 4.01. The number of carbonyl (C=O) groups excluding carboxylic acids is 1. The first kappa shape index (κ1) is 24.7. The number of hydrogen-bond donors (Lipinski definition) is 1. The van der Waals surface area contributed by atoms with Crippen LogP contribution in [-0.4, -0.2) is 19.4 Å². The SMILES string of the molecule is CC.CC[C@@H]1CC(OC(=O)Nc2ccccc2-c2ccccc2)C[C@@H]1CC.CF. The number of anilines is 1. The average molecular weight is 402 g/mol. The molecule has 29 heavy (non-hydrogen) atoms. The zero-order valence-corrected chi connectivity index (χ0v) is 18.5. The summed E-state index contributed by atoms with van der Waals surface area (Å²) in [6.07, 6.45) is 4.00. The van der Waals surface area contributed by atoms with E-state index in [-0.39, 0.29) is 12.2 Å². The van der Waals surface area contributed by atoms with E-state index < -0.39 is 0 Å². The summed E-state index contributed by atoms with van der Waals surface area (Å²) in [6, 6.07) is 17.9. The van der Waals surface area contributed by atoms with Crippen molar-refractivity contribution in [3.05, 3.63) is 54.6 Å². The second kappa shape index (κ2) is 13.8. The molecule has 3 nitrogen and oxygen atoms in total. The number of nitrogens with one attached hydrogen (secondary N) is 1. The van der Waals surface area contributed by atoms with Gasteiger partial charge in [0.25, 0.3) is 0 Å². The van der Waals surface area contributed by atoms with Crippen LogP contribution in [0, 0.1) is 11.8 Å². The fraction of sp³-hybridized carbons (Fsp3) is 0.480. The highest BCUT2D eigenvalue weighted by Gasteiger charge is 2.34. The maximum atomic E-state index is 12.4. The lowest BCUT2D eigenvalue weighted by molar-refractivity contribution is 0.110. The maximum Gasteiger partial charge on any atom is 0.411 e. The van der Waals surface area contributed by atoms with Gasteiger partial charge < -0.3 is 4.74 Å². The smallest absolute Gasteiger partial charge is 0.411 e. The minimum absolute atomic E-state index is 0.0405. The van der Waals surface area contributed by atoms with Crippen molar-refractivity contribution < 1.29 is 13.9 Å². The molecule has 3 rings (SSSR count). The van der Waals surface area contributed by atoms with E-state index in [1.807, 2.05) is 68.4 Å². The van der Waals surface area contributed by atoms with Crippen LogP contribution in [0.3, 0.4) is 0 Å². The van der Waals surface area contributed by atoms with E-state index in [1.165, 1.54) is 0 Å². The van der Waals surface area contributed by atoms with Gasteiger partial charge in [0.1, 0.15) is 6.10 Å². The molecule has 0 aromatic heterocycles. The van der Waals surface area contributed by atoms with Gasteiger partial charge in [0, 0.05) is 5.56 Å². The summed E-state index contributed by atoms with van der Waals surface area (Å²) in [5, 5.41) is 2.94. The van der Waals surface area contributed by atoms with Gasteiger partial charge in [-0.25, -0.2) is 4.79 Å². The maximum absolute atomic E-state index is 12.4. The van der Waals surface area contributed by atoms with E-state index in [0.29, 0.717) is 19.0 Å².